The third-order valence-electron chi connectivity index (χ3n) is 25.8. The van der Waals surface area contributed by atoms with Gasteiger partial charge in [0.05, 0.1) is 75.2 Å². The number of nitrogens with zero attached hydrogens (tertiary/aromatic N) is 6. The predicted octanol–water partition coefficient (Wildman–Crippen LogP) is 10.7. The van der Waals surface area contributed by atoms with Gasteiger partial charge in [-0.05, 0) is 157 Å². The van der Waals surface area contributed by atoms with Crippen molar-refractivity contribution in [1.82, 2.24) is 30.2 Å². The van der Waals surface area contributed by atoms with Gasteiger partial charge in [0.2, 0.25) is 13.6 Å². The van der Waals surface area contributed by atoms with E-state index in [4.69, 9.17) is 66.3 Å². The summed E-state index contributed by atoms with van der Waals surface area (Å²) in [6.07, 6.45) is -10.2. The number of carbonyl (C=O) groups excluding carboxylic acids is 5. The number of hydrogen-bond acceptors (Lipinski definition) is 32. The molecule has 14 aliphatic rings. The largest absolute Gasteiger partial charge is 0.514 e. The third-order valence-corrected chi connectivity index (χ3v) is 28.7. The lowest BCUT2D eigenvalue weighted by Gasteiger charge is -2.62. The molecule has 14 aliphatic heterocycles. The molecule has 20 rings (SSSR count). The van der Waals surface area contributed by atoms with E-state index in [2.05, 4.69) is 22.8 Å². The van der Waals surface area contributed by atoms with Crippen LogP contribution >= 0.6 is 23.5 Å². The minimum absolute atomic E-state index is 0.0474. The topological polar surface area (TPSA) is 360 Å². The maximum Gasteiger partial charge on any atom is 0.514 e. The van der Waals surface area contributed by atoms with Crippen LogP contribution in [0.15, 0.2) is 36.4 Å². The molecule has 30 nitrogen and oxygen atoms in total. The molecule has 0 amide bonds. The van der Waals surface area contributed by atoms with Gasteiger partial charge in [0.1, 0.15) is 42.4 Å². The number of methoxy groups -OCH3 is 4. The number of fused-ring (bicyclic) bond motifs is 18. The molecule has 14 atom stereocenters. The number of thioether (sulfide) groups is 2. The molecule has 0 radical (unpaired) electrons. The summed E-state index contributed by atoms with van der Waals surface area (Å²) < 4.78 is 166. The Morgan fingerprint density at radius 2 is 0.943 bits per heavy atom. The highest BCUT2D eigenvalue weighted by atomic mass is 32.2. The highest BCUT2D eigenvalue weighted by molar-refractivity contribution is 7.99. The average Bonchev–Trinajstić information content (AvgIpc) is 1.47. The molecule has 6 aromatic carbocycles. The molecular weight excluding hydrogens is 1660 g/mol. The van der Waals surface area contributed by atoms with Crippen LogP contribution in [0.5, 0.6) is 80.5 Å². The van der Waals surface area contributed by atoms with E-state index >= 15 is 4.79 Å². The van der Waals surface area contributed by atoms with Crippen molar-refractivity contribution in [2.45, 2.75) is 174 Å². The Kier molecular flexibility index (Phi) is 21.0. The number of carbonyl (C=O) groups is 5. The van der Waals surface area contributed by atoms with Crippen molar-refractivity contribution < 1.29 is 132 Å². The zero-order valence-corrected chi connectivity index (χ0v) is 70.4. The van der Waals surface area contributed by atoms with Crippen LogP contribution in [0.1, 0.15) is 144 Å². The Morgan fingerprint density at radius 1 is 0.528 bits per heavy atom. The highest BCUT2D eigenvalue weighted by Gasteiger charge is 2.66. The molecule has 123 heavy (non-hydrogen) atoms. The second-order valence-electron chi connectivity index (χ2n) is 33.3. The van der Waals surface area contributed by atoms with Crippen LogP contribution in [0.4, 0.5) is 31.1 Å². The summed E-state index contributed by atoms with van der Waals surface area (Å²) >= 11 is 2.39. The fraction of sp³-hybridized carbons (Fsp3) is 0.494. The van der Waals surface area contributed by atoms with Crippen molar-refractivity contribution in [2.75, 3.05) is 93.9 Å². The molecule has 14 heterocycles. The van der Waals surface area contributed by atoms with E-state index in [0.717, 1.165) is 11.1 Å². The number of aryl methyl sites for hydroxylation is 2. The summed E-state index contributed by atoms with van der Waals surface area (Å²) in [6, 6.07) is 7.14. The number of rotatable bonds is 7. The fourth-order valence-corrected chi connectivity index (χ4v) is 24.2. The van der Waals surface area contributed by atoms with Crippen LogP contribution in [0, 0.1) is 50.4 Å². The number of benzene rings is 6. The average molecular weight is 1750 g/mol. The van der Waals surface area contributed by atoms with Crippen LogP contribution in [0.25, 0.3) is 0 Å². The first kappa shape index (κ1) is 84.5. The molecule has 4 saturated heterocycles. The van der Waals surface area contributed by atoms with Crippen molar-refractivity contribution in [1.29, 1.82) is 10.5 Å². The lowest BCUT2D eigenvalue weighted by Crippen LogP contribution is -2.69. The smallest absolute Gasteiger partial charge is 0.504 e. The van der Waals surface area contributed by atoms with Crippen LogP contribution in [-0.4, -0.2) is 213 Å². The lowest BCUT2D eigenvalue weighted by atomic mass is 9.71. The molecule has 0 aromatic heterocycles. The number of nitriles is 2. The number of esters is 4. The first-order chi connectivity index (χ1) is 58.4. The van der Waals surface area contributed by atoms with Crippen LogP contribution < -0.4 is 62.7 Å². The number of likely N-dealkylation sites (N-methyl/N-ethyl adjacent to an activating group) is 2. The molecule has 2 unspecified atom stereocenters. The molecule has 652 valence electrons. The number of halogens is 6. The Bertz CT molecular complexity index is 5580. The minimum Gasteiger partial charge on any atom is -0.504 e. The van der Waals surface area contributed by atoms with Gasteiger partial charge in [-0.1, -0.05) is 12.1 Å². The maximum absolute atomic E-state index is 15.0. The number of phenolic OH excluding ortho intramolecular Hbond substituents is 3. The van der Waals surface area contributed by atoms with Crippen molar-refractivity contribution in [3.63, 3.8) is 0 Å². The van der Waals surface area contributed by atoms with E-state index in [9.17, 15) is 71.4 Å². The summed E-state index contributed by atoms with van der Waals surface area (Å²) in [5, 5.41) is 61.9. The zero-order chi connectivity index (χ0) is 87.8. The predicted molar refractivity (Wildman–Crippen MR) is 422 cm³/mol. The van der Waals surface area contributed by atoms with E-state index < -0.39 is 149 Å². The molecular formula is C85H86F6N8O22S2. The van der Waals surface area contributed by atoms with Crippen molar-refractivity contribution in [3.05, 3.63) is 125 Å². The summed E-state index contributed by atoms with van der Waals surface area (Å²) in [6.45, 7) is 10.7. The quantitative estimate of drug-likeness (QED) is 0.0326. The lowest BCUT2D eigenvalue weighted by molar-refractivity contribution is -0.189. The summed E-state index contributed by atoms with van der Waals surface area (Å²) in [7, 11) is 9.33. The van der Waals surface area contributed by atoms with Crippen molar-refractivity contribution in [2.24, 2.45) is 0 Å². The van der Waals surface area contributed by atoms with Gasteiger partial charge in [-0.15, -0.1) is 23.5 Å². The van der Waals surface area contributed by atoms with E-state index in [1.54, 1.807) is 52.0 Å². The van der Waals surface area contributed by atoms with Crippen molar-refractivity contribution in [3.8, 4) is 92.6 Å². The summed E-state index contributed by atoms with van der Waals surface area (Å²) in [4.78, 5) is 76.3. The Balaban J connectivity index is 0.000000176. The van der Waals surface area contributed by atoms with Gasteiger partial charge in [0.25, 0.3) is 0 Å². The first-order valence-electron chi connectivity index (χ1n) is 39.6. The number of phenols is 3. The number of piperazine rings is 2. The van der Waals surface area contributed by atoms with Gasteiger partial charge in [0, 0.05) is 93.3 Å². The standard InChI is InChI=1S/C45H47F3N4O12S.C40H39F3N4O10S/c1-19-11-22-12-24-25(15-49)52-26-16-59-40(54)44(23-14-27(57-7)28(13-21(23)9-10-50-44)62-42(56)64-43(3,4)5)17-65-39(33(52)32(51(24)6)29(22)34(53)35(19)58-8)31-30(26)38-37(60-18-61-38)20(2)36(31)63-41(55)45(46,47)48;1-16-8-19-9-21-22(12-44)47-23-13-54-37(50)39(20-11-25(52-4)24(48)10-18(20)6-7-45-39)14-58-36(30(47)29(46(21)3)26(19)31(49)32(16)53-5)28-27(23)35-34(55-15-56-35)17(2)33(28)57-38(51)40(41,42)43/h11,13-14,24-26,32-33,39,50,53H,9-10,12,16-18H2,1-8H3;8,10-11,21-23,29-30,36,45,48-49H,6-7,9,13-15H2,1-5H3/t24-,25-,26-,32+,33?,39+,44+;21-,22-,23-,29+,30?,36+,39+/m00/s1. The number of aromatic hydroxyl groups is 3. The van der Waals surface area contributed by atoms with Crippen LogP contribution in [0.3, 0.4) is 0 Å². The molecule has 0 aliphatic carbocycles. The van der Waals surface area contributed by atoms with Gasteiger partial charge in [0.15, 0.2) is 80.1 Å². The van der Waals surface area contributed by atoms with Crippen LogP contribution in [-0.2, 0) is 70.1 Å². The Labute approximate surface area is 708 Å². The van der Waals surface area contributed by atoms with Gasteiger partial charge in [-0.2, -0.15) is 36.9 Å². The van der Waals surface area contributed by atoms with Gasteiger partial charge < -0.3 is 81.6 Å². The first-order valence-corrected chi connectivity index (χ1v) is 41.7. The van der Waals surface area contributed by atoms with Crippen molar-refractivity contribution >= 4 is 53.6 Å². The second-order valence-corrected chi connectivity index (χ2v) is 35.6. The number of alkyl halides is 6. The van der Waals surface area contributed by atoms with E-state index in [1.807, 2.05) is 52.8 Å². The molecule has 6 aromatic rings. The summed E-state index contributed by atoms with van der Waals surface area (Å²) in [5.41, 5.74) is 3.12. The minimum atomic E-state index is -5.39. The normalized spacial score (nSPS) is 27.5. The van der Waals surface area contributed by atoms with E-state index in [0.29, 0.717) is 76.7 Å². The monoisotopic (exact) mass is 1750 g/mol. The Morgan fingerprint density at radius 3 is 1.34 bits per heavy atom. The van der Waals surface area contributed by atoms with E-state index in [1.165, 1.54) is 65.8 Å². The second kappa shape index (κ2) is 30.6. The van der Waals surface area contributed by atoms with E-state index in [-0.39, 0.29) is 140 Å². The molecule has 2 spiro atoms. The fourth-order valence-electron chi connectivity index (χ4n) is 20.8. The van der Waals surface area contributed by atoms with Crippen LogP contribution in [0.2, 0.25) is 0 Å². The molecule has 5 N–H and O–H groups in total. The SMILES string of the molecule is COc1cc2c(cc1O)CCN[C@]21CS[C@@H]2c3c(OC(=O)C(F)(F)F)c(C)c4c(c3[C@H](COC1=O)N1C2[C@H]2c3c(cc(C)c(OC)c3O)C[C@@H]([C@@H]1C#N)N2C)OCO4.COc1cc2c(cc1OC(=O)OC(C)(C)C)CCN[C@]21CS[C@@H]2c3c(OC(=O)C(F)(F)F)c(C)c4c(c3[C@H](COC1=O)N1C2[C@H]2c3c(cc(C)c(OC)c3O)C[C@@H]([C@@H]1C#N)N2C)OCO4. The third kappa shape index (κ3) is 13.1. The van der Waals surface area contributed by atoms with Gasteiger partial charge >= 0.3 is 42.4 Å². The molecule has 4 fully saturated rings. The zero-order valence-electron chi connectivity index (χ0n) is 68.7. The Hall–Kier alpha value is -10.7. The van der Waals surface area contributed by atoms with Gasteiger partial charge in [-0.3, -0.25) is 30.2 Å². The molecule has 38 heteroatoms. The van der Waals surface area contributed by atoms with Gasteiger partial charge in [-0.25, -0.2) is 24.0 Å². The number of ether oxygens (including phenoxy) is 14. The maximum atomic E-state index is 15.0. The molecule has 8 bridgehead atoms. The molecule has 0 saturated carbocycles. The highest BCUT2D eigenvalue weighted by Crippen LogP contribution is 2.68. The number of hydrogen-bond donors (Lipinski definition) is 5. The number of nitrogens with one attached hydrogen (secondary N) is 2. The summed E-state index contributed by atoms with van der Waals surface area (Å²) in [5.74, 6) is -6.40.